The standard InChI is InChI=1S/C23H54O3Si4/c1-27(2,3)19-21-29(7,8)17-13-11-15-25-23(24)26-16-12-14-18-30(9,10)22-20-28(4,5)6/h11-22H2,1-10H3. The van der Waals surface area contributed by atoms with Crippen LogP contribution in [0.4, 0.5) is 4.79 Å². The highest BCUT2D eigenvalue weighted by Gasteiger charge is 2.25. The topological polar surface area (TPSA) is 35.5 Å². The Balaban J connectivity index is 3.75. The molecular weight excluding hydrogens is 437 g/mol. The summed E-state index contributed by atoms with van der Waals surface area (Å²) in [5.41, 5.74) is 0. The summed E-state index contributed by atoms with van der Waals surface area (Å²) in [6.07, 6.45) is 3.82. The molecule has 0 amide bonds. The van der Waals surface area contributed by atoms with Crippen LogP contribution in [-0.4, -0.2) is 51.7 Å². The van der Waals surface area contributed by atoms with Crippen molar-refractivity contribution in [2.45, 2.75) is 127 Å². The SMILES string of the molecule is C[Si](C)(C)CC[Si](C)(C)CCCCOC(=O)OCCCC[Si](C)(C)CC[Si](C)(C)C. The highest BCUT2D eigenvalue weighted by Crippen LogP contribution is 2.26. The van der Waals surface area contributed by atoms with Crippen molar-refractivity contribution in [1.29, 1.82) is 0 Å². The van der Waals surface area contributed by atoms with Gasteiger partial charge in [0.2, 0.25) is 0 Å². The molecule has 0 saturated heterocycles. The summed E-state index contributed by atoms with van der Waals surface area (Å²) in [5.74, 6) is 0. The molecule has 0 heterocycles. The smallest absolute Gasteiger partial charge is 0.434 e. The molecule has 0 rings (SSSR count). The van der Waals surface area contributed by atoms with E-state index in [-0.39, 0.29) is 0 Å². The second-order valence-corrected chi connectivity index (χ2v) is 35.2. The van der Waals surface area contributed by atoms with Gasteiger partial charge in [-0.1, -0.05) is 115 Å². The van der Waals surface area contributed by atoms with Gasteiger partial charge in [0.25, 0.3) is 0 Å². The first kappa shape index (κ1) is 30.1. The lowest BCUT2D eigenvalue weighted by Gasteiger charge is -2.26. The quantitative estimate of drug-likeness (QED) is 0.123. The minimum atomic E-state index is -1.08. The molecule has 0 saturated carbocycles. The fourth-order valence-corrected chi connectivity index (χ4v) is 17.8. The summed E-state index contributed by atoms with van der Waals surface area (Å²) >= 11 is 0. The maximum absolute atomic E-state index is 11.8. The average Bonchev–Trinajstić information content (AvgIpc) is 2.57. The summed E-state index contributed by atoms with van der Waals surface area (Å²) in [7, 11) is -4.02. The van der Waals surface area contributed by atoms with E-state index in [1.807, 2.05) is 0 Å². The van der Waals surface area contributed by atoms with Crippen molar-refractivity contribution >= 4 is 38.5 Å². The van der Waals surface area contributed by atoms with Crippen LogP contribution in [0.2, 0.25) is 102 Å². The van der Waals surface area contributed by atoms with E-state index in [2.05, 4.69) is 65.5 Å². The Kier molecular flexibility index (Phi) is 13.7. The molecule has 0 atom stereocenters. The number of rotatable bonds is 16. The molecule has 30 heavy (non-hydrogen) atoms. The van der Waals surface area contributed by atoms with Gasteiger partial charge in [-0.25, -0.2) is 4.79 Å². The van der Waals surface area contributed by atoms with Gasteiger partial charge < -0.3 is 9.47 Å². The van der Waals surface area contributed by atoms with E-state index < -0.39 is 38.5 Å². The molecule has 0 fully saturated rings. The largest absolute Gasteiger partial charge is 0.508 e. The van der Waals surface area contributed by atoms with Crippen LogP contribution < -0.4 is 0 Å². The molecule has 3 nitrogen and oxygen atoms in total. The minimum absolute atomic E-state index is 0.472. The Bertz CT molecular complexity index is 438. The van der Waals surface area contributed by atoms with Crippen molar-refractivity contribution in [2.75, 3.05) is 13.2 Å². The van der Waals surface area contributed by atoms with Gasteiger partial charge in [-0.3, -0.25) is 0 Å². The molecule has 0 unspecified atom stereocenters. The predicted octanol–water partition coefficient (Wildman–Crippen LogP) is 8.79. The van der Waals surface area contributed by atoms with Crippen LogP contribution in [-0.2, 0) is 9.47 Å². The third-order valence-electron chi connectivity index (χ3n) is 6.04. The molecule has 0 spiro atoms. The Morgan fingerprint density at radius 1 is 0.500 bits per heavy atom. The average molecular weight is 491 g/mol. The number of unbranched alkanes of at least 4 members (excludes halogenated alkanes) is 2. The van der Waals surface area contributed by atoms with E-state index >= 15 is 0 Å². The Labute approximate surface area is 193 Å². The van der Waals surface area contributed by atoms with Gasteiger partial charge in [-0.05, 0) is 12.8 Å². The molecule has 0 aromatic rings. The molecule has 0 aromatic heterocycles. The van der Waals surface area contributed by atoms with Crippen LogP contribution in [0.1, 0.15) is 25.7 Å². The van der Waals surface area contributed by atoms with E-state index in [1.54, 1.807) is 0 Å². The highest BCUT2D eigenvalue weighted by molar-refractivity contribution is 6.82. The molecule has 0 bridgehead atoms. The third-order valence-corrected chi connectivity index (χ3v) is 17.2. The number of hydrogen-bond donors (Lipinski definition) is 0. The summed E-state index contributed by atoms with van der Waals surface area (Å²) in [5, 5.41) is 0. The van der Waals surface area contributed by atoms with Crippen LogP contribution in [0.25, 0.3) is 0 Å². The number of ether oxygens (including phenoxy) is 2. The van der Waals surface area contributed by atoms with Gasteiger partial charge in [0.1, 0.15) is 0 Å². The van der Waals surface area contributed by atoms with Crippen LogP contribution in [0.3, 0.4) is 0 Å². The van der Waals surface area contributed by atoms with Crippen molar-refractivity contribution in [3.8, 4) is 0 Å². The lowest BCUT2D eigenvalue weighted by Crippen LogP contribution is -2.30. The number of carbonyl (C=O) groups is 1. The van der Waals surface area contributed by atoms with Crippen molar-refractivity contribution in [2.24, 2.45) is 0 Å². The molecule has 0 radical (unpaired) electrons. The van der Waals surface area contributed by atoms with Gasteiger partial charge >= 0.3 is 6.16 Å². The van der Waals surface area contributed by atoms with E-state index in [0.717, 1.165) is 12.8 Å². The molecule has 0 N–H and O–H groups in total. The monoisotopic (exact) mass is 490 g/mol. The zero-order valence-electron chi connectivity index (χ0n) is 22.2. The second kappa shape index (κ2) is 13.6. The van der Waals surface area contributed by atoms with Crippen molar-refractivity contribution < 1.29 is 14.3 Å². The number of carbonyl (C=O) groups excluding carboxylic acids is 1. The van der Waals surface area contributed by atoms with Gasteiger partial charge in [-0.2, -0.15) is 0 Å². The zero-order valence-corrected chi connectivity index (χ0v) is 26.2. The summed E-state index contributed by atoms with van der Waals surface area (Å²) in [6, 6.07) is 8.48. The van der Waals surface area contributed by atoms with Crippen LogP contribution in [0.5, 0.6) is 0 Å². The van der Waals surface area contributed by atoms with Gasteiger partial charge in [0.15, 0.2) is 0 Å². The molecule has 180 valence electrons. The third kappa shape index (κ3) is 20.1. The van der Waals surface area contributed by atoms with E-state index in [1.165, 1.54) is 49.1 Å². The fourth-order valence-electron chi connectivity index (χ4n) is 3.44. The van der Waals surface area contributed by atoms with Crippen molar-refractivity contribution in [3.05, 3.63) is 0 Å². The Hall–Kier alpha value is 0.138. The first-order valence-electron chi connectivity index (χ1n) is 12.3. The first-order valence-corrected chi connectivity index (χ1v) is 26.6. The minimum Gasteiger partial charge on any atom is -0.434 e. The number of hydrogen-bond acceptors (Lipinski definition) is 3. The molecule has 0 aliphatic carbocycles. The molecule has 0 aliphatic heterocycles. The highest BCUT2D eigenvalue weighted by atomic mass is 28.3. The van der Waals surface area contributed by atoms with Crippen LogP contribution in [0, 0.1) is 0 Å². The van der Waals surface area contributed by atoms with Crippen LogP contribution in [0.15, 0.2) is 0 Å². The second-order valence-electron chi connectivity index (χ2n) is 13.3. The van der Waals surface area contributed by atoms with Crippen molar-refractivity contribution in [1.82, 2.24) is 0 Å². The summed E-state index contributed by atoms with van der Waals surface area (Å²) in [4.78, 5) is 11.8. The maximum atomic E-state index is 11.8. The first-order chi connectivity index (χ1) is 13.5. The van der Waals surface area contributed by atoms with Gasteiger partial charge in [0, 0.05) is 32.3 Å². The summed E-state index contributed by atoms with van der Waals surface area (Å²) in [6.45, 7) is 25.9. The zero-order chi connectivity index (χ0) is 23.5. The van der Waals surface area contributed by atoms with E-state index in [0.29, 0.717) is 13.2 Å². The normalized spacial score (nSPS) is 13.4. The predicted molar refractivity (Wildman–Crippen MR) is 146 cm³/mol. The fraction of sp³-hybridized carbons (Fsp3) is 0.957. The molecule has 7 heteroatoms. The molecule has 0 aliphatic rings. The van der Waals surface area contributed by atoms with Gasteiger partial charge in [0.05, 0.1) is 13.2 Å². The van der Waals surface area contributed by atoms with Crippen LogP contribution >= 0.6 is 0 Å². The maximum Gasteiger partial charge on any atom is 0.508 e. The lowest BCUT2D eigenvalue weighted by molar-refractivity contribution is 0.0535. The Morgan fingerprint density at radius 2 is 0.833 bits per heavy atom. The summed E-state index contributed by atoms with van der Waals surface area (Å²) < 4.78 is 10.5. The Morgan fingerprint density at radius 3 is 1.13 bits per heavy atom. The van der Waals surface area contributed by atoms with Crippen molar-refractivity contribution in [3.63, 3.8) is 0 Å². The molecule has 0 aromatic carbocycles. The molecular formula is C23H54O3Si4. The van der Waals surface area contributed by atoms with E-state index in [4.69, 9.17) is 9.47 Å². The van der Waals surface area contributed by atoms with E-state index in [9.17, 15) is 4.79 Å². The lowest BCUT2D eigenvalue weighted by atomic mass is 10.3. The van der Waals surface area contributed by atoms with Gasteiger partial charge in [-0.15, -0.1) is 0 Å².